The molecule has 0 aliphatic carbocycles. The Morgan fingerprint density at radius 3 is 2.69 bits per heavy atom. The van der Waals surface area contributed by atoms with Gasteiger partial charge in [-0.15, -0.1) is 0 Å². The second-order valence-corrected chi connectivity index (χ2v) is 9.92. The van der Waals surface area contributed by atoms with Gasteiger partial charge >= 0.3 is 0 Å². The molecule has 132 valence electrons. The number of likely N-dealkylation sites (tertiary alicyclic amines) is 1. The number of thiophene rings is 1. The minimum absolute atomic E-state index is 0.0652. The van der Waals surface area contributed by atoms with Gasteiger partial charge in [-0.05, 0) is 63.3 Å². The van der Waals surface area contributed by atoms with Crippen LogP contribution < -0.4 is 0 Å². The molecule has 1 aromatic carbocycles. The molecule has 2 atom stereocenters. The van der Waals surface area contributed by atoms with Crippen molar-refractivity contribution in [1.82, 2.24) is 9.88 Å². The van der Waals surface area contributed by atoms with Crippen LogP contribution in [0.3, 0.4) is 0 Å². The number of benzene rings is 1. The molecule has 4 heterocycles. The highest BCUT2D eigenvalue weighted by molar-refractivity contribution is 7.92. The van der Waals surface area contributed by atoms with Crippen LogP contribution >= 0.6 is 11.3 Å². The van der Waals surface area contributed by atoms with Gasteiger partial charge in [0.2, 0.25) is 0 Å². The molecule has 4 nitrogen and oxygen atoms in total. The normalized spacial score (nSPS) is 23.7. The molecule has 3 aromatic rings. The molecule has 0 N–H and O–H groups in total. The largest absolute Gasteiger partial charge is 0.297 e. The van der Waals surface area contributed by atoms with Crippen molar-refractivity contribution in [1.29, 1.82) is 0 Å². The Hall–Kier alpha value is -2.02. The van der Waals surface area contributed by atoms with Crippen molar-refractivity contribution in [2.75, 3.05) is 13.1 Å². The van der Waals surface area contributed by atoms with E-state index in [1.807, 2.05) is 18.2 Å². The van der Waals surface area contributed by atoms with E-state index in [2.05, 4.69) is 32.8 Å². The molecule has 1 saturated heterocycles. The Labute approximate surface area is 157 Å². The number of nitrogens with zero attached hydrogens (tertiary/aromatic N) is 2. The first kappa shape index (κ1) is 16.2. The lowest BCUT2D eigenvalue weighted by molar-refractivity contribution is 0.326. The standard InChI is InChI=1S/C20H18N2O2S2/c23-26(24)19-2-1-16(15-3-6-21-7-4-15)9-17(19)18-11-22(12-20(18)26)10-14-5-8-25-13-14/h1-9,13,18,20H,10-12H2/t18-,20+/m1/s1. The van der Waals surface area contributed by atoms with Gasteiger partial charge in [0.05, 0.1) is 10.1 Å². The van der Waals surface area contributed by atoms with E-state index in [0.717, 1.165) is 29.8 Å². The summed E-state index contributed by atoms with van der Waals surface area (Å²) in [5.74, 6) is 0.0652. The summed E-state index contributed by atoms with van der Waals surface area (Å²) in [6.07, 6.45) is 3.53. The minimum Gasteiger partial charge on any atom is -0.297 e. The van der Waals surface area contributed by atoms with Gasteiger partial charge in [0.25, 0.3) is 0 Å². The van der Waals surface area contributed by atoms with E-state index in [9.17, 15) is 8.42 Å². The predicted molar refractivity (Wildman–Crippen MR) is 103 cm³/mol. The summed E-state index contributed by atoms with van der Waals surface area (Å²) >= 11 is 1.68. The van der Waals surface area contributed by atoms with Crippen molar-refractivity contribution < 1.29 is 8.42 Å². The third-order valence-electron chi connectivity index (χ3n) is 5.46. The van der Waals surface area contributed by atoms with Crippen molar-refractivity contribution in [2.45, 2.75) is 22.6 Å². The van der Waals surface area contributed by atoms with E-state index in [1.165, 1.54) is 5.56 Å². The number of pyridine rings is 1. The smallest absolute Gasteiger partial charge is 0.183 e. The number of aromatic nitrogens is 1. The maximum Gasteiger partial charge on any atom is 0.183 e. The molecule has 5 rings (SSSR count). The van der Waals surface area contributed by atoms with Crippen molar-refractivity contribution in [3.63, 3.8) is 0 Å². The third-order valence-corrected chi connectivity index (χ3v) is 8.45. The fourth-order valence-electron chi connectivity index (χ4n) is 4.22. The summed E-state index contributed by atoms with van der Waals surface area (Å²) < 4.78 is 26.1. The first-order valence-electron chi connectivity index (χ1n) is 8.64. The van der Waals surface area contributed by atoms with Gasteiger partial charge in [-0.3, -0.25) is 9.88 Å². The van der Waals surface area contributed by atoms with E-state index in [-0.39, 0.29) is 11.2 Å². The molecule has 2 aliphatic rings. The van der Waals surface area contributed by atoms with Gasteiger partial charge < -0.3 is 0 Å². The number of sulfone groups is 1. The molecular weight excluding hydrogens is 364 g/mol. The Kier molecular flexibility index (Phi) is 3.74. The maximum atomic E-state index is 13.0. The molecule has 0 bridgehead atoms. The average molecular weight is 383 g/mol. The highest BCUT2D eigenvalue weighted by Gasteiger charge is 2.50. The van der Waals surface area contributed by atoms with Crippen LogP contribution in [0, 0.1) is 0 Å². The van der Waals surface area contributed by atoms with Crippen LogP contribution in [-0.4, -0.2) is 36.6 Å². The summed E-state index contributed by atoms with van der Waals surface area (Å²) in [7, 11) is -3.25. The Morgan fingerprint density at radius 2 is 1.92 bits per heavy atom. The second kappa shape index (κ2) is 6.01. The van der Waals surface area contributed by atoms with E-state index in [4.69, 9.17) is 0 Å². The van der Waals surface area contributed by atoms with Crippen LogP contribution in [0.2, 0.25) is 0 Å². The van der Waals surface area contributed by atoms with E-state index in [1.54, 1.807) is 29.8 Å². The first-order valence-corrected chi connectivity index (χ1v) is 11.1. The van der Waals surface area contributed by atoms with Gasteiger partial charge in [0.1, 0.15) is 0 Å². The van der Waals surface area contributed by atoms with Crippen molar-refractivity contribution in [3.05, 3.63) is 70.7 Å². The van der Waals surface area contributed by atoms with Crippen molar-refractivity contribution in [2.24, 2.45) is 0 Å². The summed E-state index contributed by atoms with van der Waals surface area (Å²) in [5.41, 5.74) is 4.37. The zero-order valence-electron chi connectivity index (χ0n) is 14.1. The van der Waals surface area contributed by atoms with E-state index < -0.39 is 9.84 Å². The van der Waals surface area contributed by atoms with Crippen molar-refractivity contribution >= 4 is 21.2 Å². The number of hydrogen-bond donors (Lipinski definition) is 0. The minimum atomic E-state index is -3.25. The first-order chi connectivity index (χ1) is 12.6. The van der Waals surface area contributed by atoms with Crippen LogP contribution in [0.15, 0.2) is 64.4 Å². The van der Waals surface area contributed by atoms with E-state index >= 15 is 0 Å². The quantitative estimate of drug-likeness (QED) is 0.695. The fraction of sp³-hybridized carbons (Fsp3) is 0.250. The molecule has 0 amide bonds. The SMILES string of the molecule is O=S1(=O)c2ccc(-c3ccncc3)cc2[C@H]2CN(Cc3ccsc3)C[C@@H]21. The lowest BCUT2D eigenvalue weighted by atomic mass is 9.95. The lowest BCUT2D eigenvalue weighted by Gasteiger charge is -2.16. The number of hydrogen-bond acceptors (Lipinski definition) is 5. The topological polar surface area (TPSA) is 50.3 Å². The highest BCUT2D eigenvalue weighted by atomic mass is 32.2. The van der Waals surface area contributed by atoms with Gasteiger partial charge in [-0.1, -0.05) is 6.07 Å². The third kappa shape index (κ3) is 2.52. The molecule has 2 aromatic heterocycles. The fourth-order valence-corrected chi connectivity index (χ4v) is 7.07. The predicted octanol–water partition coefficient (Wildman–Crippen LogP) is 3.57. The molecule has 2 aliphatic heterocycles. The summed E-state index contributed by atoms with van der Waals surface area (Å²) in [6, 6.07) is 11.8. The van der Waals surface area contributed by atoms with Gasteiger partial charge in [-0.2, -0.15) is 11.3 Å². The van der Waals surface area contributed by atoms with Gasteiger partial charge in [-0.25, -0.2) is 8.42 Å². The average Bonchev–Trinajstić information content (AvgIpc) is 3.36. The van der Waals surface area contributed by atoms with Crippen LogP contribution in [0.1, 0.15) is 17.0 Å². The molecule has 26 heavy (non-hydrogen) atoms. The summed E-state index contributed by atoms with van der Waals surface area (Å²) in [4.78, 5) is 6.87. The molecular formula is C20H18N2O2S2. The van der Waals surface area contributed by atoms with Crippen LogP contribution in [-0.2, 0) is 16.4 Å². The van der Waals surface area contributed by atoms with Gasteiger partial charge in [0, 0.05) is 37.9 Å². The molecule has 0 spiro atoms. The molecule has 0 unspecified atom stereocenters. The van der Waals surface area contributed by atoms with Crippen molar-refractivity contribution in [3.8, 4) is 11.1 Å². The molecule has 6 heteroatoms. The number of fused-ring (bicyclic) bond motifs is 3. The van der Waals surface area contributed by atoms with E-state index in [0.29, 0.717) is 11.4 Å². The Bertz CT molecular complexity index is 1050. The highest BCUT2D eigenvalue weighted by Crippen LogP contribution is 2.46. The second-order valence-electron chi connectivity index (χ2n) is 7.00. The molecule has 1 fully saturated rings. The molecule has 0 radical (unpaired) electrons. The van der Waals surface area contributed by atoms with Crippen LogP contribution in [0.4, 0.5) is 0 Å². The zero-order chi connectivity index (χ0) is 17.7. The molecule has 0 saturated carbocycles. The van der Waals surface area contributed by atoms with Crippen LogP contribution in [0.5, 0.6) is 0 Å². The Morgan fingerprint density at radius 1 is 1.08 bits per heavy atom. The Balaban J connectivity index is 1.51. The zero-order valence-corrected chi connectivity index (χ0v) is 15.7. The summed E-state index contributed by atoms with van der Waals surface area (Å²) in [5, 5.41) is 3.89. The summed E-state index contributed by atoms with van der Waals surface area (Å²) in [6.45, 7) is 2.24. The van der Waals surface area contributed by atoms with Gasteiger partial charge in [0.15, 0.2) is 9.84 Å². The number of rotatable bonds is 3. The lowest BCUT2D eigenvalue weighted by Crippen LogP contribution is -2.25. The maximum absolute atomic E-state index is 13.0. The monoisotopic (exact) mass is 382 g/mol. The van der Waals surface area contributed by atoms with Crippen LogP contribution in [0.25, 0.3) is 11.1 Å².